The van der Waals surface area contributed by atoms with Gasteiger partial charge in [0.15, 0.2) is 0 Å². The predicted molar refractivity (Wildman–Crippen MR) is 75.2 cm³/mol. The minimum absolute atomic E-state index is 0.241. The summed E-state index contributed by atoms with van der Waals surface area (Å²) >= 11 is 5.80. The Morgan fingerprint density at radius 3 is 2.37 bits per heavy atom. The van der Waals surface area contributed by atoms with Crippen molar-refractivity contribution in [2.75, 3.05) is 7.05 Å². The van der Waals surface area contributed by atoms with Crippen LogP contribution >= 0.6 is 11.6 Å². The second kappa shape index (κ2) is 5.35. The van der Waals surface area contributed by atoms with Crippen LogP contribution in [0.25, 0.3) is 0 Å². The zero-order chi connectivity index (χ0) is 14.2. The molecule has 0 saturated heterocycles. The summed E-state index contributed by atoms with van der Waals surface area (Å²) in [5, 5.41) is 3.54. The minimum atomic E-state index is -0.315. The third kappa shape index (κ3) is 2.53. The highest BCUT2D eigenvalue weighted by atomic mass is 35.5. The van der Waals surface area contributed by atoms with Crippen molar-refractivity contribution in [2.24, 2.45) is 0 Å². The van der Waals surface area contributed by atoms with Crippen LogP contribution in [0, 0.1) is 26.6 Å². The van der Waals surface area contributed by atoms with E-state index in [0.717, 1.165) is 22.6 Å². The molecule has 0 aliphatic heterocycles. The zero-order valence-electron chi connectivity index (χ0n) is 11.5. The highest BCUT2D eigenvalue weighted by Crippen LogP contribution is 2.33. The number of hydrogen-bond donors (Lipinski definition) is 1. The largest absolute Gasteiger partial charge is 0.466 e. The Labute approximate surface area is 117 Å². The molecule has 1 atom stereocenters. The Hall–Kier alpha value is -1.32. The first-order valence-corrected chi connectivity index (χ1v) is 6.52. The predicted octanol–water partition coefficient (Wildman–Crippen LogP) is 4.31. The Kier molecular flexibility index (Phi) is 3.97. The molecule has 0 aliphatic carbocycles. The van der Waals surface area contributed by atoms with E-state index in [4.69, 9.17) is 16.0 Å². The van der Waals surface area contributed by atoms with Crippen LogP contribution in [0.1, 0.15) is 34.3 Å². The standard InChI is InChI=1S/C15H17ClFNO/c1-8-9(2)19-10(3)14(8)15(18-4)12-6-5-11(16)7-13(12)17/h5-7,15,18H,1-4H3. The van der Waals surface area contributed by atoms with Gasteiger partial charge in [-0.2, -0.15) is 0 Å². The van der Waals surface area contributed by atoms with Crippen LogP contribution in [0.15, 0.2) is 22.6 Å². The third-order valence-electron chi connectivity index (χ3n) is 3.47. The molecule has 1 aromatic heterocycles. The normalized spacial score (nSPS) is 12.7. The molecule has 0 saturated carbocycles. The van der Waals surface area contributed by atoms with E-state index in [9.17, 15) is 4.39 Å². The number of hydrogen-bond acceptors (Lipinski definition) is 2. The van der Waals surface area contributed by atoms with Gasteiger partial charge in [0, 0.05) is 16.1 Å². The van der Waals surface area contributed by atoms with Crippen LogP contribution in [0.2, 0.25) is 5.02 Å². The lowest BCUT2D eigenvalue weighted by Gasteiger charge is -2.18. The van der Waals surface area contributed by atoms with Crippen LogP contribution in [-0.4, -0.2) is 7.05 Å². The topological polar surface area (TPSA) is 25.2 Å². The molecule has 0 amide bonds. The molecule has 0 spiro atoms. The monoisotopic (exact) mass is 281 g/mol. The van der Waals surface area contributed by atoms with E-state index < -0.39 is 0 Å². The SMILES string of the molecule is CNC(c1ccc(Cl)cc1F)c1c(C)oc(C)c1C. The second-order valence-electron chi connectivity index (χ2n) is 4.64. The van der Waals surface area contributed by atoms with Gasteiger partial charge >= 0.3 is 0 Å². The van der Waals surface area contributed by atoms with Gasteiger partial charge in [-0.25, -0.2) is 4.39 Å². The first kappa shape index (κ1) is 14.1. The molecule has 102 valence electrons. The number of furan rings is 1. The quantitative estimate of drug-likeness (QED) is 0.907. The van der Waals surface area contributed by atoms with E-state index in [1.807, 2.05) is 20.8 Å². The van der Waals surface area contributed by atoms with Crippen molar-refractivity contribution in [3.63, 3.8) is 0 Å². The van der Waals surface area contributed by atoms with E-state index in [1.54, 1.807) is 19.2 Å². The molecule has 2 nitrogen and oxygen atoms in total. The molecular formula is C15H17ClFNO. The number of rotatable bonds is 3. The van der Waals surface area contributed by atoms with Crippen molar-refractivity contribution in [2.45, 2.75) is 26.8 Å². The molecule has 2 aromatic rings. The molecule has 1 N–H and O–H groups in total. The summed E-state index contributed by atoms with van der Waals surface area (Å²) in [6.07, 6.45) is 0. The molecular weight excluding hydrogens is 265 g/mol. The summed E-state index contributed by atoms with van der Waals surface area (Å²) in [4.78, 5) is 0. The summed E-state index contributed by atoms with van der Waals surface area (Å²) in [7, 11) is 1.81. The molecule has 19 heavy (non-hydrogen) atoms. The molecule has 4 heteroatoms. The molecule has 1 unspecified atom stereocenters. The lowest BCUT2D eigenvalue weighted by Crippen LogP contribution is -2.20. The van der Waals surface area contributed by atoms with E-state index >= 15 is 0 Å². The average Bonchev–Trinajstić information content (AvgIpc) is 2.59. The van der Waals surface area contributed by atoms with Crippen LogP contribution in [0.3, 0.4) is 0 Å². The van der Waals surface area contributed by atoms with Crippen LogP contribution in [0.5, 0.6) is 0 Å². The number of halogens is 2. The second-order valence-corrected chi connectivity index (χ2v) is 5.08. The Balaban J connectivity index is 2.56. The maximum atomic E-state index is 14.1. The van der Waals surface area contributed by atoms with Crippen LogP contribution in [-0.2, 0) is 0 Å². The fourth-order valence-electron chi connectivity index (χ4n) is 2.43. The maximum Gasteiger partial charge on any atom is 0.129 e. The van der Waals surface area contributed by atoms with Crippen molar-refractivity contribution in [1.82, 2.24) is 5.32 Å². The molecule has 2 rings (SSSR count). The first-order valence-electron chi connectivity index (χ1n) is 6.14. The maximum absolute atomic E-state index is 14.1. The van der Waals surface area contributed by atoms with Crippen molar-refractivity contribution in [3.8, 4) is 0 Å². The summed E-state index contributed by atoms with van der Waals surface area (Å²) in [6.45, 7) is 5.80. The number of aryl methyl sites for hydroxylation is 2. The van der Waals surface area contributed by atoms with E-state index in [-0.39, 0.29) is 11.9 Å². The molecule has 0 bridgehead atoms. The van der Waals surface area contributed by atoms with Crippen LogP contribution in [0.4, 0.5) is 4.39 Å². The Bertz CT molecular complexity index is 606. The average molecular weight is 282 g/mol. The van der Waals surface area contributed by atoms with Gasteiger partial charge < -0.3 is 9.73 Å². The van der Waals surface area contributed by atoms with Gasteiger partial charge in [-0.15, -0.1) is 0 Å². The fraction of sp³-hybridized carbons (Fsp3) is 0.333. The molecule has 0 aliphatic rings. The lowest BCUT2D eigenvalue weighted by molar-refractivity contribution is 0.494. The summed E-state index contributed by atoms with van der Waals surface area (Å²) < 4.78 is 19.7. The van der Waals surface area contributed by atoms with E-state index in [1.165, 1.54) is 6.07 Å². The summed E-state index contributed by atoms with van der Waals surface area (Å²) in [5.74, 6) is 1.36. The van der Waals surface area contributed by atoms with Crippen molar-refractivity contribution < 1.29 is 8.81 Å². The number of nitrogens with one attached hydrogen (secondary N) is 1. The Morgan fingerprint density at radius 2 is 1.89 bits per heavy atom. The molecule has 1 heterocycles. The van der Waals surface area contributed by atoms with Gasteiger partial charge in [-0.05, 0) is 45.5 Å². The van der Waals surface area contributed by atoms with Gasteiger partial charge in [0.25, 0.3) is 0 Å². The molecule has 1 aromatic carbocycles. The van der Waals surface area contributed by atoms with Crippen molar-refractivity contribution >= 4 is 11.6 Å². The zero-order valence-corrected chi connectivity index (χ0v) is 12.2. The van der Waals surface area contributed by atoms with Crippen LogP contribution < -0.4 is 5.32 Å². The van der Waals surface area contributed by atoms with Crippen molar-refractivity contribution in [1.29, 1.82) is 0 Å². The smallest absolute Gasteiger partial charge is 0.129 e. The van der Waals surface area contributed by atoms with Gasteiger partial charge in [-0.1, -0.05) is 17.7 Å². The van der Waals surface area contributed by atoms with Gasteiger partial charge in [0.1, 0.15) is 17.3 Å². The summed E-state index contributed by atoms with van der Waals surface area (Å²) in [6, 6.07) is 4.50. The lowest BCUT2D eigenvalue weighted by atomic mass is 9.95. The Morgan fingerprint density at radius 1 is 1.21 bits per heavy atom. The minimum Gasteiger partial charge on any atom is -0.466 e. The third-order valence-corrected chi connectivity index (χ3v) is 3.70. The van der Waals surface area contributed by atoms with Gasteiger partial charge in [-0.3, -0.25) is 0 Å². The van der Waals surface area contributed by atoms with Crippen molar-refractivity contribution in [3.05, 3.63) is 57.2 Å². The first-order chi connectivity index (χ1) is 8.95. The fourth-order valence-corrected chi connectivity index (χ4v) is 2.58. The molecule has 0 radical (unpaired) electrons. The van der Waals surface area contributed by atoms with E-state index in [0.29, 0.717) is 10.6 Å². The number of benzene rings is 1. The van der Waals surface area contributed by atoms with Gasteiger partial charge in [0.2, 0.25) is 0 Å². The van der Waals surface area contributed by atoms with E-state index in [2.05, 4.69) is 5.32 Å². The summed E-state index contributed by atoms with van der Waals surface area (Å²) in [5.41, 5.74) is 2.60. The molecule has 0 fully saturated rings. The highest BCUT2D eigenvalue weighted by Gasteiger charge is 2.23. The highest BCUT2D eigenvalue weighted by molar-refractivity contribution is 6.30. The van der Waals surface area contributed by atoms with Gasteiger partial charge in [0.05, 0.1) is 6.04 Å².